The second-order valence-corrected chi connectivity index (χ2v) is 18.8. The third-order valence-corrected chi connectivity index (χ3v) is 13.0. The summed E-state index contributed by atoms with van der Waals surface area (Å²) in [7, 11) is -8.96. The Morgan fingerprint density at radius 3 is 1.99 bits per heavy atom. The maximum absolute atomic E-state index is 12.8. The highest BCUT2D eigenvalue weighted by atomic mass is 35.5. The van der Waals surface area contributed by atoms with Crippen LogP contribution in [-0.2, 0) is 57.6 Å². The molecule has 358 valence electrons. The van der Waals surface area contributed by atoms with Crippen LogP contribution in [0.25, 0.3) is 10.8 Å². The number of aromatic hydroxyl groups is 1. The molecule has 68 heavy (non-hydrogen) atoms. The number of anilines is 5. The predicted octanol–water partition coefficient (Wildman–Crippen LogP) is 9.15. The van der Waals surface area contributed by atoms with E-state index in [-0.39, 0.29) is 77.7 Å². The van der Waals surface area contributed by atoms with E-state index in [4.69, 9.17) is 37.8 Å². The Morgan fingerprint density at radius 2 is 1.35 bits per heavy atom. The number of aromatic nitrogens is 3. The Morgan fingerprint density at radius 1 is 0.750 bits per heavy atom. The smallest absolute Gasteiger partial charge is 0.302 e. The van der Waals surface area contributed by atoms with E-state index in [1.54, 1.807) is 0 Å². The lowest BCUT2D eigenvalue weighted by Crippen LogP contribution is -2.14. The van der Waals surface area contributed by atoms with Gasteiger partial charge in [0.05, 0.1) is 73.3 Å². The summed E-state index contributed by atoms with van der Waals surface area (Å²) in [6.07, 6.45) is 0. The first kappa shape index (κ1) is 51.5. The van der Waals surface area contributed by atoms with Crippen molar-refractivity contribution >= 4 is 136 Å². The number of phenolic OH excluding ortho intramolecular Hbond substituents is 1. The van der Waals surface area contributed by atoms with Gasteiger partial charge in [-0.1, -0.05) is 15.1 Å². The molecule has 0 fully saturated rings. The van der Waals surface area contributed by atoms with Gasteiger partial charge in [-0.05, 0) is 95.8 Å². The van der Waals surface area contributed by atoms with Crippen LogP contribution in [0.15, 0.2) is 124 Å². The number of carbonyl (C=O) groups excluding carboxylic acids is 1. The van der Waals surface area contributed by atoms with E-state index in [0.29, 0.717) is 46.7 Å². The lowest BCUT2D eigenvalue weighted by molar-refractivity contribution is -0.432. The molecule has 0 amide bonds. The normalized spacial score (nSPS) is 12.0. The molecule has 0 unspecified atom stereocenters. The molecular formula is C35H29ClN10O17S5. The van der Waals surface area contributed by atoms with Gasteiger partial charge < -0.3 is 26.2 Å². The van der Waals surface area contributed by atoms with Gasteiger partial charge in [-0.15, -0.1) is 28.3 Å². The lowest BCUT2D eigenvalue weighted by atomic mass is 10.1. The van der Waals surface area contributed by atoms with Crippen molar-refractivity contribution in [3.8, 4) is 5.75 Å². The molecule has 5 aromatic carbocycles. The molecule has 0 aliphatic heterocycles. The van der Waals surface area contributed by atoms with E-state index in [2.05, 4.69) is 74.2 Å². The first-order chi connectivity index (χ1) is 32.5. The summed E-state index contributed by atoms with van der Waals surface area (Å²) in [5, 5.41) is 70.2. The first-order valence-corrected chi connectivity index (χ1v) is 23.7. The van der Waals surface area contributed by atoms with Crippen molar-refractivity contribution < 1.29 is 79.9 Å². The van der Waals surface area contributed by atoms with E-state index in [1.165, 1.54) is 72.8 Å². The number of ether oxygens (including phenoxy) is 1. The van der Waals surface area contributed by atoms with Crippen molar-refractivity contribution in [3.05, 3.63) is 84.1 Å². The Hall–Kier alpha value is -5.92. The zero-order chi connectivity index (χ0) is 49.0. The van der Waals surface area contributed by atoms with Crippen LogP contribution in [0.1, 0.15) is 6.92 Å². The molecule has 27 nitrogen and oxygen atoms in total. The number of azo groups is 2. The van der Waals surface area contributed by atoms with Crippen LogP contribution < -0.4 is 16.4 Å². The van der Waals surface area contributed by atoms with Crippen molar-refractivity contribution in [2.24, 2.45) is 20.5 Å². The number of nitrogens with zero attached hydrogens (tertiary/aromatic N) is 7. The molecule has 6 aromatic rings. The number of benzene rings is 5. The Labute approximate surface area is 399 Å². The molecule has 0 aliphatic carbocycles. The molecule has 0 saturated carbocycles. The van der Waals surface area contributed by atoms with Gasteiger partial charge in [0.25, 0.3) is 10.1 Å². The summed E-state index contributed by atoms with van der Waals surface area (Å²) < 4.78 is 79.4. The van der Waals surface area contributed by atoms with E-state index in [1.807, 2.05) is 0 Å². The van der Waals surface area contributed by atoms with E-state index in [0.717, 1.165) is 13.0 Å². The van der Waals surface area contributed by atoms with Crippen LogP contribution in [0.4, 0.5) is 51.7 Å². The van der Waals surface area contributed by atoms with E-state index in [9.17, 15) is 31.3 Å². The van der Waals surface area contributed by atoms with Gasteiger partial charge in [0.1, 0.15) is 28.6 Å². The number of fused-ring (bicyclic) bond motifs is 1. The van der Waals surface area contributed by atoms with Gasteiger partial charge >= 0.3 is 5.97 Å². The number of rotatable bonds is 22. The fraction of sp³-hybridized carbons (Fsp3) is 0.0857. The zero-order valence-electron chi connectivity index (χ0n) is 33.7. The number of nitrogen functional groups attached to an aromatic ring is 1. The summed E-state index contributed by atoms with van der Waals surface area (Å²) >= 11 is 7.68. The molecule has 0 atom stereocenters. The van der Waals surface area contributed by atoms with Crippen LogP contribution in [0.2, 0.25) is 5.28 Å². The van der Waals surface area contributed by atoms with Gasteiger partial charge in [-0.3, -0.25) is 9.35 Å². The quantitative estimate of drug-likeness (QED) is 0.00597. The highest BCUT2D eigenvalue weighted by molar-refractivity contribution is 7.95. The van der Waals surface area contributed by atoms with Crippen molar-refractivity contribution in [2.45, 2.75) is 31.4 Å². The number of hydrogen-bond donors (Lipinski definition) is 8. The number of sulfone groups is 1. The minimum absolute atomic E-state index is 0.0276. The SMILES string of the molecule is CC(=O)OCCS(=O)(=O)c1ccc(Nc2nc(Cl)nc(Nc3ccc(SOOO)c(N=Nc4c(S(=O)(=O)O)cc5cc(SOOO)c(N=Nc6ccc(SOOO)cc6)c(N)c5c4O)c3)n2)cc1. The second kappa shape index (κ2) is 23.4. The molecule has 0 radical (unpaired) electrons. The van der Waals surface area contributed by atoms with Crippen LogP contribution in [0.5, 0.6) is 5.75 Å². The molecule has 0 saturated heterocycles. The maximum Gasteiger partial charge on any atom is 0.302 e. The lowest BCUT2D eigenvalue weighted by Gasteiger charge is -2.14. The third kappa shape index (κ3) is 13.6. The molecule has 1 aromatic heterocycles. The fourth-order valence-corrected chi connectivity index (χ4v) is 8.72. The number of nitrogens with one attached hydrogen (secondary N) is 2. The van der Waals surface area contributed by atoms with Crippen molar-refractivity contribution in [1.82, 2.24) is 15.0 Å². The topological polar surface area (TPSA) is 389 Å². The Kier molecular flexibility index (Phi) is 17.7. The van der Waals surface area contributed by atoms with Crippen LogP contribution in [0.3, 0.4) is 0 Å². The summed E-state index contributed by atoms with van der Waals surface area (Å²) in [5.41, 5.74) is 5.83. The number of hydrogen-bond acceptors (Lipinski definition) is 29. The van der Waals surface area contributed by atoms with Gasteiger partial charge in [0.15, 0.2) is 15.6 Å². The van der Waals surface area contributed by atoms with Gasteiger partial charge in [-0.25, -0.2) is 24.2 Å². The van der Waals surface area contributed by atoms with Gasteiger partial charge in [0.2, 0.25) is 17.2 Å². The number of halogens is 1. The van der Waals surface area contributed by atoms with Crippen molar-refractivity contribution in [1.29, 1.82) is 0 Å². The number of carbonyl (C=O) groups is 1. The number of phenols is 1. The monoisotopic (exact) mass is 1060 g/mol. The summed E-state index contributed by atoms with van der Waals surface area (Å²) in [6, 6.07) is 17.9. The molecule has 0 bridgehead atoms. The van der Waals surface area contributed by atoms with Gasteiger partial charge in [0, 0.05) is 23.2 Å². The molecule has 33 heteroatoms. The fourth-order valence-electron chi connectivity index (χ4n) is 5.53. The van der Waals surface area contributed by atoms with Crippen LogP contribution in [-0.4, -0.2) is 75.5 Å². The zero-order valence-corrected chi connectivity index (χ0v) is 38.5. The number of esters is 1. The summed E-state index contributed by atoms with van der Waals surface area (Å²) in [5.74, 6) is -2.17. The molecule has 0 spiro atoms. The first-order valence-electron chi connectivity index (χ1n) is 18.0. The summed E-state index contributed by atoms with van der Waals surface area (Å²) in [4.78, 5) is 23.0. The Bertz CT molecular complexity index is 3090. The molecule has 0 aliphatic rings. The highest BCUT2D eigenvalue weighted by Gasteiger charge is 2.26. The maximum atomic E-state index is 12.8. The van der Waals surface area contributed by atoms with Crippen LogP contribution in [0, 0.1) is 0 Å². The molecule has 1 heterocycles. The predicted molar refractivity (Wildman–Crippen MR) is 240 cm³/mol. The largest absolute Gasteiger partial charge is 0.505 e. The van der Waals surface area contributed by atoms with Crippen LogP contribution >= 0.6 is 47.7 Å². The minimum atomic E-state index is -5.19. The van der Waals surface area contributed by atoms with E-state index < -0.39 is 48.0 Å². The number of nitrogens with two attached hydrogens (primary N) is 1. The second-order valence-electron chi connectivity index (χ2n) is 12.7. The average molecular weight is 1060 g/mol. The standard InChI is InChI=1S/C35H29ClN10O17S5/c1-17(47)57-12-13-67(52,53)23-9-4-19(5-10-23)38-34-40-33(36)41-35(42-34)39-21-6-11-25(65-62-59-50)24(16-21)44-46-31-27(68(54,55)56)15-18-14-26(66-63-60-51)30(29(37)28(18)32(31)48)45-43-20-2-7-22(8-3-20)64-61-58-49/h2-11,14-16,48-51H,12-13,37H2,1H3,(H,54,55,56)(H2,38,39,40,41,42). The summed E-state index contributed by atoms with van der Waals surface area (Å²) in [6.45, 7) is 0.848. The Balaban J connectivity index is 1.33. The minimum Gasteiger partial charge on any atom is -0.505 e. The average Bonchev–Trinajstić information content (AvgIpc) is 3.29. The molecular weight excluding hydrogens is 1030 g/mol. The van der Waals surface area contributed by atoms with Crippen molar-refractivity contribution in [3.63, 3.8) is 0 Å². The van der Waals surface area contributed by atoms with E-state index >= 15 is 0 Å². The highest BCUT2D eigenvalue weighted by Crippen LogP contribution is 2.50. The van der Waals surface area contributed by atoms with Gasteiger partial charge in [-0.2, -0.15) is 28.5 Å². The third-order valence-electron chi connectivity index (χ3n) is 8.37. The van der Waals surface area contributed by atoms with Crippen molar-refractivity contribution in [2.75, 3.05) is 28.7 Å². The molecule has 9 N–H and O–H groups in total. The molecule has 6 rings (SSSR count).